The van der Waals surface area contributed by atoms with Crippen LogP contribution in [0.25, 0.3) is 0 Å². The van der Waals surface area contributed by atoms with Crippen LogP contribution in [0.4, 0.5) is 8.78 Å². The number of thioether (sulfide) groups is 1. The summed E-state index contributed by atoms with van der Waals surface area (Å²) in [6.07, 6.45) is 0.749. The van der Waals surface area contributed by atoms with E-state index >= 15 is 0 Å². The van der Waals surface area contributed by atoms with E-state index in [1.54, 1.807) is 13.2 Å². The second-order valence-corrected chi connectivity index (χ2v) is 7.46. The van der Waals surface area contributed by atoms with Crippen LogP contribution in [0.2, 0.25) is 0 Å². The molecule has 2 N–H and O–H groups in total. The molecule has 1 saturated heterocycles. The smallest absolute Gasteiger partial charge is 0.230 e. The Morgan fingerprint density at radius 1 is 1.25 bits per heavy atom. The molecule has 1 amide bonds. The number of methoxy groups -OCH3 is 1. The number of rotatable bonds is 6. The second-order valence-electron chi connectivity index (χ2n) is 6.41. The quantitative estimate of drug-likeness (QED) is 0.688. The minimum atomic E-state index is -0.858. The highest BCUT2D eigenvalue weighted by Crippen LogP contribution is 2.27. The van der Waals surface area contributed by atoms with Crippen LogP contribution < -0.4 is 15.4 Å². The van der Waals surface area contributed by atoms with Gasteiger partial charge in [-0.2, -0.15) is 0 Å². The van der Waals surface area contributed by atoms with Gasteiger partial charge in [-0.05, 0) is 48.9 Å². The zero-order valence-corrected chi connectivity index (χ0v) is 17.0. The SMILES string of the molecule is COc1cccc(SCC(=O)NC2CNCCC2c2ccc(F)c(F)c2)c1.Cl. The summed E-state index contributed by atoms with van der Waals surface area (Å²) in [5, 5.41) is 6.28. The van der Waals surface area contributed by atoms with E-state index in [9.17, 15) is 13.6 Å². The number of nitrogens with one attached hydrogen (secondary N) is 2. The van der Waals surface area contributed by atoms with Crippen LogP contribution in [-0.2, 0) is 4.79 Å². The van der Waals surface area contributed by atoms with Crippen molar-refractivity contribution in [3.05, 3.63) is 59.7 Å². The van der Waals surface area contributed by atoms with Crippen molar-refractivity contribution in [2.75, 3.05) is 26.0 Å². The molecule has 1 heterocycles. The number of carbonyl (C=O) groups excluding carboxylic acids is 1. The standard InChI is InChI=1S/C20H22F2N2O2S.ClH/c1-26-14-3-2-4-15(10-14)27-12-20(25)24-19-11-23-8-7-16(19)13-5-6-17(21)18(22)9-13;/h2-6,9-10,16,19,23H,7-8,11-12H2,1H3,(H,24,25);1H. The molecule has 2 aromatic carbocycles. The first-order valence-electron chi connectivity index (χ1n) is 8.78. The van der Waals surface area contributed by atoms with E-state index < -0.39 is 11.6 Å². The Bertz CT molecular complexity index is 810. The van der Waals surface area contributed by atoms with E-state index in [1.807, 2.05) is 24.3 Å². The highest BCUT2D eigenvalue weighted by atomic mass is 35.5. The van der Waals surface area contributed by atoms with E-state index in [4.69, 9.17) is 4.74 Å². The normalized spacial score (nSPS) is 18.8. The zero-order chi connectivity index (χ0) is 19.2. The molecule has 2 unspecified atom stereocenters. The molecule has 2 aromatic rings. The Hall–Kier alpha value is -1.83. The topological polar surface area (TPSA) is 50.4 Å². The highest BCUT2D eigenvalue weighted by molar-refractivity contribution is 8.00. The van der Waals surface area contributed by atoms with E-state index in [0.717, 1.165) is 29.7 Å². The van der Waals surface area contributed by atoms with E-state index in [-0.39, 0.29) is 36.0 Å². The number of ether oxygens (including phenoxy) is 1. The maximum atomic E-state index is 13.6. The Morgan fingerprint density at radius 2 is 2.07 bits per heavy atom. The van der Waals surface area contributed by atoms with Crippen molar-refractivity contribution in [1.29, 1.82) is 0 Å². The Labute approximate surface area is 173 Å². The largest absolute Gasteiger partial charge is 0.497 e. The maximum absolute atomic E-state index is 13.6. The van der Waals surface area contributed by atoms with Crippen LogP contribution >= 0.6 is 24.2 Å². The summed E-state index contributed by atoms with van der Waals surface area (Å²) >= 11 is 1.43. The average Bonchev–Trinajstić information content (AvgIpc) is 2.69. The number of hydrogen-bond donors (Lipinski definition) is 2. The van der Waals surface area contributed by atoms with E-state index in [1.165, 1.54) is 17.8 Å². The summed E-state index contributed by atoms with van der Waals surface area (Å²) in [6.45, 7) is 1.37. The van der Waals surface area contributed by atoms with E-state index in [0.29, 0.717) is 12.1 Å². The molecule has 8 heteroatoms. The van der Waals surface area contributed by atoms with Crippen LogP contribution in [0.15, 0.2) is 47.4 Å². The van der Waals surface area contributed by atoms with Crippen molar-refractivity contribution >= 4 is 30.1 Å². The van der Waals surface area contributed by atoms with Gasteiger partial charge in [-0.1, -0.05) is 12.1 Å². The lowest BCUT2D eigenvalue weighted by molar-refractivity contribution is -0.119. The van der Waals surface area contributed by atoms with Gasteiger partial charge in [0, 0.05) is 23.4 Å². The predicted octanol–water partition coefficient (Wildman–Crippen LogP) is 3.75. The van der Waals surface area contributed by atoms with Gasteiger partial charge in [-0.25, -0.2) is 8.78 Å². The Kier molecular flexibility index (Phi) is 8.54. The average molecular weight is 429 g/mol. The third-order valence-corrected chi connectivity index (χ3v) is 5.61. The van der Waals surface area contributed by atoms with Gasteiger partial charge in [0.05, 0.1) is 12.9 Å². The summed E-state index contributed by atoms with van der Waals surface area (Å²) in [4.78, 5) is 13.4. The molecule has 0 aliphatic carbocycles. The number of carbonyl (C=O) groups is 1. The fourth-order valence-corrected chi connectivity index (χ4v) is 4.00. The summed E-state index contributed by atoms with van der Waals surface area (Å²) < 4.78 is 32.0. The van der Waals surface area contributed by atoms with Gasteiger partial charge in [-0.3, -0.25) is 4.79 Å². The molecule has 0 bridgehead atoms. The lowest BCUT2D eigenvalue weighted by Crippen LogP contribution is -2.50. The molecular formula is C20H23ClF2N2O2S. The minimum absolute atomic E-state index is 0. The van der Waals surface area contributed by atoms with Crippen molar-refractivity contribution in [1.82, 2.24) is 10.6 Å². The van der Waals surface area contributed by atoms with Crippen LogP contribution in [0, 0.1) is 11.6 Å². The first kappa shape index (κ1) is 22.5. The molecule has 1 aliphatic rings. The van der Waals surface area contributed by atoms with Gasteiger partial charge >= 0.3 is 0 Å². The van der Waals surface area contributed by atoms with Gasteiger partial charge in [-0.15, -0.1) is 24.2 Å². The van der Waals surface area contributed by atoms with Gasteiger partial charge < -0.3 is 15.4 Å². The second kappa shape index (κ2) is 10.6. The van der Waals surface area contributed by atoms with Crippen LogP contribution in [-0.4, -0.2) is 37.9 Å². The number of benzene rings is 2. The fourth-order valence-electron chi connectivity index (χ4n) is 3.24. The molecule has 0 radical (unpaired) electrons. The molecule has 3 rings (SSSR count). The molecule has 0 aromatic heterocycles. The molecule has 0 spiro atoms. The molecule has 2 atom stereocenters. The zero-order valence-electron chi connectivity index (χ0n) is 15.4. The first-order valence-corrected chi connectivity index (χ1v) is 9.77. The van der Waals surface area contributed by atoms with Gasteiger partial charge in [0.15, 0.2) is 11.6 Å². The maximum Gasteiger partial charge on any atom is 0.230 e. The number of hydrogen-bond acceptors (Lipinski definition) is 4. The van der Waals surface area contributed by atoms with Crippen molar-refractivity contribution in [3.8, 4) is 5.75 Å². The predicted molar refractivity (Wildman–Crippen MR) is 109 cm³/mol. The lowest BCUT2D eigenvalue weighted by atomic mass is 9.86. The van der Waals surface area contributed by atoms with Gasteiger partial charge in [0.1, 0.15) is 5.75 Å². The number of piperidine rings is 1. The number of amides is 1. The van der Waals surface area contributed by atoms with Gasteiger partial charge in [0.25, 0.3) is 0 Å². The highest BCUT2D eigenvalue weighted by Gasteiger charge is 2.28. The fraction of sp³-hybridized carbons (Fsp3) is 0.350. The molecule has 0 saturated carbocycles. The van der Waals surface area contributed by atoms with Crippen LogP contribution in [0.1, 0.15) is 17.9 Å². The monoisotopic (exact) mass is 428 g/mol. The first-order chi connectivity index (χ1) is 13.1. The molecule has 28 heavy (non-hydrogen) atoms. The van der Waals surface area contributed by atoms with Crippen molar-refractivity contribution in [3.63, 3.8) is 0 Å². The molecule has 1 aliphatic heterocycles. The molecule has 1 fully saturated rings. The summed E-state index contributed by atoms with van der Waals surface area (Å²) in [7, 11) is 1.60. The third-order valence-electron chi connectivity index (χ3n) is 4.61. The molecule has 152 valence electrons. The molecule has 4 nitrogen and oxygen atoms in total. The van der Waals surface area contributed by atoms with Crippen LogP contribution in [0.5, 0.6) is 5.75 Å². The summed E-state index contributed by atoms with van der Waals surface area (Å²) in [5.41, 5.74) is 0.709. The lowest BCUT2D eigenvalue weighted by Gasteiger charge is -2.33. The summed E-state index contributed by atoms with van der Waals surface area (Å²) in [6, 6.07) is 11.3. The number of halogens is 3. The van der Waals surface area contributed by atoms with E-state index in [2.05, 4.69) is 10.6 Å². The summed E-state index contributed by atoms with van der Waals surface area (Å²) in [5.74, 6) is -0.840. The van der Waals surface area contributed by atoms with Crippen LogP contribution in [0.3, 0.4) is 0 Å². The van der Waals surface area contributed by atoms with Crippen molar-refractivity contribution < 1.29 is 18.3 Å². The Balaban J connectivity index is 0.00000280. The van der Waals surface area contributed by atoms with Crippen molar-refractivity contribution in [2.24, 2.45) is 0 Å². The van der Waals surface area contributed by atoms with Crippen molar-refractivity contribution in [2.45, 2.75) is 23.3 Å². The molecular weight excluding hydrogens is 406 g/mol. The Morgan fingerprint density at radius 3 is 2.82 bits per heavy atom. The minimum Gasteiger partial charge on any atom is -0.497 e. The van der Waals surface area contributed by atoms with Gasteiger partial charge in [0.2, 0.25) is 5.91 Å². The third kappa shape index (κ3) is 5.83.